The van der Waals surface area contributed by atoms with Crippen LogP contribution in [-0.2, 0) is 13.1 Å². The van der Waals surface area contributed by atoms with Crippen molar-refractivity contribution >= 4 is 11.8 Å². The van der Waals surface area contributed by atoms with E-state index in [1.54, 1.807) is 0 Å². The molecule has 0 aliphatic heterocycles. The molecule has 2 nitrogen and oxygen atoms in total. The van der Waals surface area contributed by atoms with E-state index in [-0.39, 0.29) is 17.5 Å². The van der Waals surface area contributed by atoms with Gasteiger partial charge in [0, 0.05) is 37.3 Å². The molecule has 0 atom stereocenters. The van der Waals surface area contributed by atoms with Gasteiger partial charge in [0.05, 0.1) is 0 Å². The summed E-state index contributed by atoms with van der Waals surface area (Å²) in [5.41, 5.74) is -3.02. The number of hydrogen-bond donors (Lipinski definition) is 1. The maximum absolute atomic E-state index is 11.8. The zero-order chi connectivity index (χ0) is 12.0. The van der Waals surface area contributed by atoms with Crippen LogP contribution in [0, 0.1) is 0 Å². The summed E-state index contributed by atoms with van der Waals surface area (Å²) >= 11 is 0.0114. The topological polar surface area (TPSA) is 17.0 Å². The smallest absolute Gasteiger partial charge is 0.351 e. The average molecular weight is 252 g/mol. The highest BCUT2D eigenvalue weighted by Crippen LogP contribution is 2.29. The normalized spacial score (nSPS) is 12.0. The number of hydrogen-bond acceptors (Lipinski definition) is 2. The Kier molecular flexibility index (Phi) is 5.21. The number of aromatic nitrogens is 1. The lowest BCUT2D eigenvalue weighted by Gasteiger charge is -2.08. The minimum Gasteiger partial charge on any atom is -0.351 e. The van der Waals surface area contributed by atoms with E-state index in [1.165, 1.54) is 0 Å². The third-order valence-corrected chi connectivity index (χ3v) is 2.85. The fourth-order valence-electron chi connectivity index (χ4n) is 1.37. The van der Waals surface area contributed by atoms with E-state index in [2.05, 4.69) is 9.88 Å². The second-order valence-corrected chi connectivity index (χ2v) is 4.42. The molecule has 0 aliphatic carbocycles. The first-order chi connectivity index (χ1) is 7.53. The zero-order valence-electron chi connectivity index (χ0n) is 9.05. The molecule has 92 valence electrons. The van der Waals surface area contributed by atoms with E-state index < -0.39 is 5.51 Å². The number of rotatable bonds is 6. The van der Waals surface area contributed by atoms with Crippen molar-refractivity contribution in [2.75, 3.05) is 12.3 Å². The summed E-state index contributed by atoms with van der Waals surface area (Å²) in [5, 5.41) is 2.99. The maximum atomic E-state index is 11.8. The van der Waals surface area contributed by atoms with E-state index in [0.717, 1.165) is 12.2 Å². The summed E-state index contributed by atoms with van der Waals surface area (Å²) in [7, 11) is 0. The van der Waals surface area contributed by atoms with Crippen molar-refractivity contribution in [2.45, 2.75) is 25.5 Å². The monoisotopic (exact) mass is 252 g/mol. The highest BCUT2D eigenvalue weighted by atomic mass is 32.2. The zero-order valence-corrected chi connectivity index (χ0v) is 9.87. The van der Waals surface area contributed by atoms with Gasteiger partial charge in [-0.25, -0.2) is 0 Å². The molecule has 0 saturated carbocycles. The van der Waals surface area contributed by atoms with Gasteiger partial charge in [-0.15, -0.1) is 0 Å². The molecular formula is C10H15F3N2S. The Morgan fingerprint density at radius 3 is 2.81 bits per heavy atom. The number of thioether (sulfide) groups is 1. The quantitative estimate of drug-likeness (QED) is 0.784. The molecular weight excluding hydrogens is 237 g/mol. The van der Waals surface area contributed by atoms with E-state index in [4.69, 9.17) is 0 Å². The highest BCUT2D eigenvalue weighted by molar-refractivity contribution is 8.00. The van der Waals surface area contributed by atoms with Crippen LogP contribution in [0.15, 0.2) is 18.3 Å². The van der Waals surface area contributed by atoms with Crippen LogP contribution < -0.4 is 5.32 Å². The fraction of sp³-hybridized carbons (Fsp3) is 0.600. The highest BCUT2D eigenvalue weighted by Gasteiger charge is 2.27. The lowest BCUT2D eigenvalue weighted by molar-refractivity contribution is -0.0327. The van der Waals surface area contributed by atoms with Crippen LogP contribution in [0.2, 0.25) is 0 Å². The SMILES string of the molecule is CCn1cccc1CNCCSC(F)(F)F. The third-order valence-electron chi connectivity index (χ3n) is 2.11. The number of aryl methyl sites for hydroxylation is 1. The molecule has 1 heterocycles. The second kappa shape index (κ2) is 6.20. The molecule has 1 aromatic rings. The van der Waals surface area contributed by atoms with Gasteiger partial charge in [-0.1, -0.05) is 0 Å². The minimum atomic E-state index is -4.12. The minimum absolute atomic E-state index is 0.0114. The third kappa shape index (κ3) is 4.94. The van der Waals surface area contributed by atoms with Gasteiger partial charge in [0.1, 0.15) is 0 Å². The van der Waals surface area contributed by atoms with Crippen molar-refractivity contribution in [3.05, 3.63) is 24.0 Å². The van der Waals surface area contributed by atoms with Gasteiger partial charge in [0.15, 0.2) is 0 Å². The van der Waals surface area contributed by atoms with Crippen LogP contribution >= 0.6 is 11.8 Å². The van der Waals surface area contributed by atoms with E-state index in [0.29, 0.717) is 13.1 Å². The molecule has 0 amide bonds. The van der Waals surface area contributed by atoms with Gasteiger partial charge in [0.2, 0.25) is 0 Å². The Labute approximate surface area is 97.2 Å². The summed E-state index contributed by atoms with van der Waals surface area (Å²) in [4.78, 5) is 0. The molecule has 1 N–H and O–H groups in total. The van der Waals surface area contributed by atoms with Crippen LogP contribution in [-0.4, -0.2) is 22.4 Å². The Morgan fingerprint density at radius 2 is 2.19 bits per heavy atom. The molecule has 0 spiro atoms. The Balaban J connectivity index is 2.16. The van der Waals surface area contributed by atoms with Crippen LogP contribution in [0.1, 0.15) is 12.6 Å². The predicted octanol–water partition coefficient (Wildman–Crippen LogP) is 2.85. The number of halogens is 3. The van der Waals surface area contributed by atoms with Gasteiger partial charge in [-0.2, -0.15) is 13.2 Å². The Bertz CT molecular complexity index is 309. The largest absolute Gasteiger partial charge is 0.441 e. The van der Waals surface area contributed by atoms with Crippen LogP contribution in [0.5, 0.6) is 0 Å². The van der Waals surface area contributed by atoms with Crippen molar-refractivity contribution in [1.82, 2.24) is 9.88 Å². The molecule has 0 aromatic carbocycles. The average Bonchev–Trinajstić information content (AvgIpc) is 2.63. The predicted molar refractivity (Wildman–Crippen MR) is 60.3 cm³/mol. The van der Waals surface area contributed by atoms with E-state index in [1.807, 2.05) is 25.3 Å². The molecule has 1 rings (SSSR count). The molecule has 0 saturated heterocycles. The van der Waals surface area contributed by atoms with Crippen molar-refractivity contribution in [2.24, 2.45) is 0 Å². The molecule has 0 aliphatic rings. The van der Waals surface area contributed by atoms with Crippen molar-refractivity contribution in [3.8, 4) is 0 Å². The molecule has 0 radical (unpaired) electrons. The van der Waals surface area contributed by atoms with Gasteiger partial charge in [-0.3, -0.25) is 0 Å². The molecule has 0 bridgehead atoms. The fourth-order valence-corrected chi connectivity index (χ4v) is 1.85. The van der Waals surface area contributed by atoms with Gasteiger partial charge in [0.25, 0.3) is 0 Å². The summed E-state index contributed by atoms with van der Waals surface area (Å²) in [6, 6.07) is 3.90. The first-order valence-corrected chi connectivity index (χ1v) is 6.07. The molecule has 0 unspecified atom stereocenters. The summed E-state index contributed by atoms with van der Waals surface area (Å²) in [6.07, 6.45) is 1.96. The molecule has 16 heavy (non-hydrogen) atoms. The second-order valence-electron chi connectivity index (χ2n) is 3.26. The Morgan fingerprint density at radius 1 is 1.44 bits per heavy atom. The van der Waals surface area contributed by atoms with Gasteiger partial charge in [-0.05, 0) is 30.8 Å². The van der Waals surface area contributed by atoms with Gasteiger partial charge < -0.3 is 9.88 Å². The molecule has 1 aromatic heterocycles. The number of nitrogens with zero attached hydrogens (tertiary/aromatic N) is 1. The van der Waals surface area contributed by atoms with Gasteiger partial charge >= 0.3 is 5.51 Å². The van der Waals surface area contributed by atoms with Crippen molar-refractivity contribution in [1.29, 1.82) is 0 Å². The lowest BCUT2D eigenvalue weighted by atomic mass is 10.4. The maximum Gasteiger partial charge on any atom is 0.441 e. The lowest BCUT2D eigenvalue weighted by Crippen LogP contribution is -2.20. The Hall–Kier alpha value is -0.620. The number of alkyl halides is 3. The van der Waals surface area contributed by atoms with Crippen molar-refractivity contribution in [3.63, 3.8) is 0 Å². The number of nitrogens with one attached hydrogen (secondary N) is 1. The standard InChI is InChI=1S/C10H15F3N2S/c1-2-15-6-3-4-9(15)8-14-5-7-16-10(11,12)13/h3-4,6,14H,2,5,7-8H2,1H3. The molecule has 0 fully saturated rings. The van der Waals surface area contributed by atoms with Crippen LogP contribution in [0.25, 0.3) is 0 Å². The summed E-state index contributed by atoms with van der Waals surface area (Å²) in [6.45, 7) is 3.88. The summed E-state index contributed by atoms with van der Waals surface area (Å²) < 4.78 is 37.5. The molecule has 6 heteroatoms. The van der Waals surface area contributed by atoms with Crippen molar-refractivity contribution < 1.29 is 13.2 Å². The van der Waals surface area contributed by atoms with E-state index in [9.17, 15) is 13.2 Å². The van der Waals surface area contributed by atoms with Crippen LogP contribution in [0.3, 0.4) is 0 Å². The summed E-state index contributed by atoms with van der Waals surface area (Å²) in [5.74, 6) is 0.0519. The van der Waals surface area contributed by atoms with Crippen LogP contribution in [0.4, 0.5) is 13.2 Å². The van der Waals surface area contributed by atoms with E-state index >= 15 is 0 Å². The first-order valence-electron chi connectivity index (χ1n) is 5.08. The first kappa shape index (κ1) is 13.4.